The number of nitrogens with one attached hydrogen (secondary N) is 1. The van der Waals surface area contributed by atoms with Gasteiger partial charge in [0.25, 0.3) is 15.9 Å². The summed E-state index contributed by atoms with van der Waals surface area (Å²) in [7, 11) is -1.02. The average molecular weight is 330 g/mol. The van der Waals surface area contributed by atoms with Gasteiger partial charge in [0.15, 0.2) is 11.6 Å². The van der Waals surface area contributed by atoms with Gasteiger partial charge in [-0.1, -0.05) is 11.6 Å². The molecule has 21 heavy (non-hydrogen) atoms. The van der Waals surface area contributed by atoms with Crippen molar-refractivity contribution in [2.75, 3.05) is 18.9 Å². The largest absolute Gasteiger partial charge is 0.491 e. The first kappa shape index (κ1) is 15.3. The Morgan fingerprint density at radius 2 is 2.05 bits per heavy atom. The topological polar surface area (TPSA) is 90.4 Å². The van der Waals surface area contributed by atoms with E-state index in [1.54, 1.807) is 0 Å². The van der Waals surface area contributed by atoms with E-state index in [1.807, 2.05) is 0 Å². The standard InChI is InChI=1S/C12H12ClN3O4S/c1-19-10-6-9(13)11(15-12(10)20-2)16-21(17,18)8-4-3-5-14-7-8/h3-7H,1-2H3,(H,15,16). The molecule has 7 nitrogen and oxygen atoms in total. The molecule has 2 rings (SSSR count). The normalized spacial score (nSPS) is 11.0. The third-order valence-corrected chi connectivity index (χ3v) is 4.11. The number of hydrogen-bond acceptors (Lipinski definition) is 6. The minimum atomic E-state index is -3.84. The Labute approximate surface area is 126 Å². The van der Waals surface area contributed by atoms with Crippen molar-refractivity contribution < 1.29 is 17.9 Å². The van der Waals surface area contributed by atoms with Crippen molar-refractivity contribution in [2.45, 2.75) is 4.90 Å². The van der Waals surface area contributed by atoms with Gasteiger partial charge in [-0.2, -0.15) is 4.98 Å². The summed E-state index contributed by atoms with van der Waals surface area (Å²) in [6.07, 6.45) is 2.69. The highest BCUT2D eigenvalue weighted by Gasteiger charge is 2.19. The van der Waals surface area contributed by atoms with Crippen molar-refractivity contribution in [1.29, 1.82) is 0 Å². The Morgan fingerprint density at radius 3 is 2.62 bits per heavy atom. The zero-order valence-electron chi connectivity index (χ0n) is 11.2. The van der Waals surface area contributed by atoms with Crippen molar-refractivity contribution in [1.82, 2.24) is 9.97 Å². The molecule has 2 aromatic heterocycles. The van der Waals surface area contributed by atoms with Crippen molar-refractivity contribution in [3.05, 3.63) is 35.6 Å². The molecule has 0 unspecified atom stereocenters. The lowest BCUT2D eigenvalue weighted by Crippen LogP contribution is -2.14. The fourth-order valence-electron chi connectivity index (χ4n) is 1.51. The van der Waals surface area contributed by atoms with E-state index in [4.69, 9.17) is 21.1 Å². The lowest BCUT2D eigenvalue weighted by Gasteiger charge is -2.12. The van der Waals surface area contributed by atoms with Crippen LogP contribution in [-0.2, 0) is 10.0 Å². The highest BCUT2D eigenvalue weighted by molar-refractivity contribution is 7.92. The van der Waals surface area contributed by atoms with E-state index >= 15 is 0 Å². The van der Waals surface area contributed by atoms with Gasteiger partial charge < -0.3 is 9.47 Å². The van der Waals surface area contributed by atoms with E-state index in [0.717, 1.165) is 0 Å². The minimum Gasteiger partial charge on any atom is -0.491 e. The number of pyridine rings is 2. The molecule has 0 aromatic carbocycles. The molecule has 0 saturated carbocycles. The molecule has 9 heteroatoms. The van der Waals surface area contributed by atoms with E-state index in [-0.39, 0.29) is 21.6 Å². The van der Waals surface area contributed by atoms with Crippen LogP contribution in [0.2, 0.25) is 5.02 Å². The molecule has 112 valence electrons. The molecule has 2 heterocycles. The van der Waals surface area contributed by atoms with Crippen molar-refractivity contribution in [3.8, 4) is 11.6 Å². The number of halogens is 1. The van der Waals surface area contributed by atoms with E-state index in [2.05, 4.69) is 14.7 Å². The minimum absolute atomic E-state index is 0.00217. The van der Waals surface area contributed by atoms with E-state index in [9.17, 15) is 8.42 Å². The summed E-state index contributed by atoms with van der Waals surface area (Å²) < 4.78 is 36.7. The zero-order chi connectivity index (χ0) is 15.5. The molecule has 0 radical (unpaired) electrons. The first-order chi connectivity index (χ1) is 9.97. The van der Waals surface area contributed by atoms with Crippen LogP contribution in [0.1, 0.15) is 0 Å². The summed E-state index contributed by atoms with van der Waals surface area (Å²) in [6, 6.07) is 4.33. The Morgan fingerprint density at radius 1 is 1.29 bits per heavy atom. The third kappa shape index (κ3) is 3.34. The third-order valence-electron chi connectivity index (χ3n) is 2.50. The quantitative estimate of drug-likeness (QED) is 0.901. The molecule has 0 aliphatic carbocycles. The monoisotopic (exact) mass is 329 g/mol. The van der Waals surface area contributed by atoms with Crippen molar-refractivity contribution in [2.24, 2.45) is 0 Å². The number of ether oxygens (including phenoxy) is 2. The molecule has 0 spiro atoms. The number of anilines is 1. The molecule has 0 bridgehead atoms. The van der Waals surface area contributed by atoms with Crippen LogP contribution < -0.4 is 14.2 Å². The van der Waals surface area contributed by atoms with Gasteiger partial charge in [0.2, 0.25) is 0 Å². The Balaban J connectivity index is 2.40. The summed E-state index contributed by atoms with van der Waals surface area (Å²) in [5.41, 5.74) is 0. The summed E-state index contributed by atoms with van der Waals surface area (Å²) >= 11 is 5.99. The predicted molar refractivity (Wildman–Crippen MR) is 77.4 cm³/mol. The Kier molecular flexibility index (Phi) is 4.49. The van der Waals surface area contributed by atoms with Gasteiger partial charge in [-0.15, -0.1) is 0 Å². The maximum atomic E-state index is 12.2. The molecule has 0 amide bonds. The van der Waals surface area contributed by atoms with E-state index in [1.165, 1.54) is 44.8 Å². The highest BCUT2D eigenvalue weighted by atomic mass is 35.5. The second-order valence-corrected chi connectivity index (χ2v) is 5.91. The second-order valence-electron chi connectivity index (χ2n) is 3.82. The predicted octanol–water partition coefficient (Wildman–Crippen LogP) is 1.95. The second kappa shape index (κ2) is 6.15. The summed E-state index contributed by atoms with van der Waals surface area (Å²) in [6.45, 7) is 0. The van der Waals surface area contributed by atoms with Gasteiger partial charge in [0, 0.05) is 18.5 Å². The number of sulfonamides is 1. The molecule has 1 N–H and O–H groups in total. The van der Waals surface area contributed by atoms with Crippen LogP contribution in [0.3, 0.4) is 0 Å². The summed E-state index contributed by atoms with van der Waals surface area (Å²) in [5, 5.41) is 0.0834. The van der Waals surface area contributed by atoms with Gasteiger partial charge in [-0.05, 0) is 12.1 Å². The Bertz CT molecular complexity index is 738. The molecule has 0 aliphatic heterocycles. The van der Waals surface area contributed by atoms with Gasteiger partial charge in [0.1, 0.15) is 4.90 Å². The number of nitrogens with zero attached hydrogens (tertiary/aromatic N) is 2. The maximum absolute atomic E-state index is 12.2. The van der Waals surface area contributed by atoms with Gasteiger partial charge in [0.05, 0.1) is 19.2 Å². The van der Waals surface area contributed by atoms with Crippen molar-refractivity contribution in [3.63, 3.8) is 0 Å². The lowest BCUT2D eigenvalue weighted by atomic mass is 10.4. The fourth-order valence-corrected chi connectivity index (χ4v) is 2.74. The molecular formula is C12H12ClN3O4S. The SMILES string of the molecule is COc1cc(Cl)c(NS(=O)(=O)c2cccnc2)nc1OC. The molecule has 2 aromatic rings. The highest BCUT2D eigenvalue weighted by Crippen LogP contribution is 2.33. The first-order valence-electron chi connectivity index (χ1n) is 5.69. The van der Waals surface area contributed by atoms with Crippen LogP contribution in [0.25, 0.3) is 0 Å². The van der Waals surface area contributed by atoms with E-state index in [0.29, 0.717) is 5.75 Å². The van der Waals surface area contributed by atoms with Crippen LogP contribution >= 0.6 is 11.6 Å². The summed E-state index contributed by atoms with van der Waals surface area (Å²) in [4.78, 5) is 7.74. The van der Waals surface area contributed by atoms with Crippen LogP contribution in [0, 0.1) is 0 Å². The van der Waals surface area contributed by atoms with Crippen molar-refractivity contribution >= 4 is 27.4 Å². The molecule has 0 fully saturated rings. The summed E-state index contributed by atoms with van der Waals surface area (Å²) in [5.74, 6) is 0.357. The number of hydrogen-bond donors (Lipinski definition) is 1. The maximum Gasteiger partial charge on any atom is 0.264 e. The zero-order valence-corrected chi connectivity index (χ0v) is 12.8. The average Bonchev–Trinajstić information content (AvgIpc) is 2.49. The lowest BCUT2D eigenvalue weighted by molar-refractivity contribution is 0.343. The van der Waals surface area contributed by atoms with Crippen LogP contribution in [-0.4, -0.2) is 32.6 Å². The van der Waals surface area contributed by atoms with E-state index < -0.39 is 10.0 Å². The molecule has 0 saturated heterocycles. The Hall–Kier alpha value is -2.06. The van der Waals surface area contributed by atoms with Crippen LogP contribution in [0.4, 0.5) is 5.82 Å². The van der Waals surface area contributed by atoms with Crippen LogP contribution in [0.15, 0.2) is 35.5 Å². The molecule has 0 atom stereocenters. The van der Waals surface area contributed by atoms with Gasteiger partial charge >= 0.3 is 0 Å². The molecule has 0 aliphatic rings. The first-order valence-corrected chi connectivity index (χ1v) is 7.55. The smallest absolute Gasteiger partial charge is 0.264 e. The van der Waals surface area contributed by atoms with Gasteiger partial charge in [-0.25, -0.2) is 8.42 Å². The number of rotatable bonds is 5. The number of methoxy groups -OCH3 is 2. The van der Waals surface area contributed by atoms with Crippen LogP contribution in [0.5, 0.6) is 11.6 Å². The fraction of sp³-hybridized carbons (Fsp3) is 0.167. The molecular weight excluding hydrogens is 318 g/mol. The van der Waals surface area contributed by atoms with Gasteiger partial charge in [-0.3, -0.25) is 9.71 Å². The number of aromatic nitrogens is 2.